The van der Waals surface area contributed by atoms with Crippen LogP contribution >= 0.6 is 0 Å². The summed E-state index contributed by atoms with van der Waals surface area (Å²) in [7, 11) is 1.75. The van der Waals surface area contributed by atoms with Crippen LogP contribution in [-0.2, 0) is 13.7 Å². The number of benzene rings is 1. The van der Waals surface area contributed by atoms with Crippen molar-refractivity contribution < 1.29 is 9.53 Å². The summed E-state index contributed by atoms with van der Waals surface area (Å²) in [5.41, 5.74) is 12.1. The number of nitrogens with zero attached hydrogens (tertiary/aromatic N) is 5. The molecule has 2 heterocycles. The second kappa shape index (κ2) is 6.83. The minimum atomic E-state index is -0.238. The minimum Gasteiger partial charge on any atom is -0.486 e. The van der Waals surface area contributed by atoms with Crippen molar-refractivity contribution in [3.63, 3.8) is 0 Å². The van der Waals surface area contributed by atoms with Gasteiger partial charge in [-0.1, -0.05) is 0 Å². The van der Waals surface area contributed by atoms with Gasteiger partial charge in [0, 0.05) is 18.9 Å². The average molecular weight is 340 g/mol. The van der Waals surface area contributed by atoms with E-state index in [4.69, 9.17) is 16.2 Å². The highest BCUT2D eigenvalue weighted by molar-refractivity contribution is 6.03. The molecule has 10 heteroatoms. The van der Waals surface area contributed by atoms with Crippen LogP contribution in [0.15, 0.2) is 36.7 Å². The van der Waals surface area contributed by atoms with Gasteiger partial charge in [-0.2, -0.15) is 20.1 Å². The Balaban J connectivity index is 1.59. The summed E-state index contributed by atoms with van der Waals surface area (Å²) in [5, 5.41) is 6.73. The lowest BCUT2D eigenvalue weighted by Crippen LogP contribution is -2.11. The molecule has 1 aromatic carbocycles. The molecule has 0 saturated heterocycles. The zero-order valence-electron chi connectivity index (χ0n) is 13.4. The van der Waals surface area contributed by atoms with E-state index in [-0.39, 0.29) is 24.4 Å². The molecule has 10 nitrogen and oxygen atoms in total. The number of anilines is 3. The highest BCUT2D eigenvalue weighted by Crippen LogP contribution is 2.17. The maximum Gasteiger partial charge on any atom is 0.258 e. The fraction of sp³-hybridized carbons (Fsp3) is 0.133. The van der Waals surface area contributed by atoms with Crippen LogP contribution in [0.25, 0.3) is 0 Å². The number of nitrogens with one attached hydrogen (secondary N) is 1. The maximum absolute atomic E-state index is 12.0. The molecule has 0 aliphatic carbocycles. The molecule has 3 aromatic rings. The first-order valence-corrected chi connectivity index (χ1v) is 7.28. The SMILES string of the molecule is Cn1cc(C(=O)Nc2ccc(OCc3nc(N)nc(N)n3)cc2)cn1. The number of hydrogen-bond donors (Lipinski definition) is 3. The number of carbonyl (C=O) groups is 1. The molecule has 0 spiro atoms. The van der Waals surface area contributed by atoms with E-state index in [9.17, 15) is 4.79 Å². The quantitative estimate of drug-likeness (QED) is 0.612. The lowest BCUT2D eigenvalue weighted by Gasteiger charge is -2.08. The lowest BCUT2D eigenvalue weighted by molar-refractivity contribution is 0.102. The number of ether oxygens (including phenoxy) is 1. The van der Waals surface area contributed by atoms with Gasteiger partial charge < -0.3 is 21.5 Å². The van der Waals surface area contributed by atoms with Crippen LogP contribution in [0.5, 0.6) is 5.75 Å². The zero-order chi connectivity index (χ0) is 17.8. The highest BCUT2D eigenvalue weighted by Gasteiger charge is 2.08. The average Bonchev–Trinajstić information content (AvgIpc) is 3.00. The van der Waals surface area contributed by atoms with Crippen LogP contribution in [0.2, 0.25) is 0 Å². The predicted octanol–water partition coefficient (Wildman–Crippen LogP) is 0.601. The van der Waals surface area contributed by atoms with Crippen LogP contribution in [0.3, 0.4) is 0 Å². The summed E-state index contributed by atoms with van der Waals surface area (Å²) >= 11 is 0. The molecule has 0 bridgehead atoms. The van der Waals surface area contributed by atoms with Gasteiger partial charge in [0.2, 0.25) is 11.9 Å². The summed E-state index contributed by atoms with van der Waals surface area (Å²) < 4.78 is 7.12. The van der Waals surface area contributed by atoms with Crippen molar-refractivity contribution in [2.24, 2.45) is 7.05 Å². The van der Waals surface area contributed by atoms with E-state index < -0.39 is 0 Å². The molecule has 3 rings (SSSR count). The summed E-state index contributed by atoms with van der Waals surface area (Å²) in [6.07, 6.45) is 3.14. The first-order valence-electron chi connectivity index (χ1n) is 7.28. The van der Waals surface area contributed by atoms with E-state index >= 15 is 0 Å². The van der Waals surface area contributed by atoms with E-state index in [1.165, 1.54) is 6.20 Å². The molecule has 0 saturated carbocycles. The molecule has 25 heavy (non-hydrogen) atoms. The van der Waals surface area contributed by atoms with Crippen molar-refractivity contribution in [3.8, 4) is 5.75 Å². The van der Waals surface area contributed by atoms with Crippen molar-refractivity contribution in [2.75, 3.05) is 16.8 Å². The predicted molar refractivity (Wildman–Crippen MR) is 90.6 cm³/mol. The van der Waals surface area contributed by atoms with Gasteiger partial charge in [-0.25, -0.2) is 0 Å². The number of hydrogen-bond acceptors (Lipinski definition) is 8. The van der Waals surface area contributed by atoms with Gasteiger partial charge in [0.05, 0.1) is 11.8 Å². The molecular formula is C15H16N8O2. The molecule has 0 aliphatic rings. The number of nitrogen functional groups attached to an aromatic ring is 2. The van der Waals surface area contributed by atoms with Crippen LogP contribution in [0.4, 0.5) is 17.6 Å². The topological polar surface area (TPSA) is 147 Å². The van der Waals surface area contributed by atoms with Gasteiger partial charge in [0.15, 0.2) is 5.82 Å². The molecule has 128 valence electrons. The molecule has 2 aromatic heterocycles. The Morgan fingerprint density at radius 3 is 2.44 bits per heavy atom. The summed E-state index contributed by atoms with van der Waals surface area (Å²) in [6.45, 7) is 0.0955. The third-order valence-electron chi connectivity index (χ3n) is 3.16. The van der Waals surface area contributed by atoms with Gasteiger partial charge in [0.25, 0.3) is 5.91 Å². The van der Waals surface area contributed by atoms with Gasteiger partial charge in [0.1, 0.15) is 12.4 Å². The Kier molecular flexibility index (Phi) is 4.42. The molecule has 0 aliphatic heterocycles. The van der Waals surface area contributed by atoms with Crippen LogP contribution < -0.4 is 21.5 Å². The Bertz CT molecular complexity index is 871. The summed E-state index contributed by atoms with van der Waals surface area (Å²) in [6, 6.07) is 6.87. The summed E-state index contributed by atoms with van der Waals surface area (Å²) in [5.74, 6) is 0.757. The second-order valence-corrected chi connectivity index (χ2v) is 5.14. The van der Waals surface area contributed by atoms with Gasteiger partial charge in [-0.15, -0.1) is 0 Å². The Hall–Kier alpha value is -3.69. The van der Waals surface area contributed by atoms with Crippen molar-refractivity contribution in [1.29, 1.82) is 0 Å². The highest BCUT2D eigenvalue weighted by atomic mass is 16.5. The first-order chi connectivity index (χ1) is 12.0. The zero-order valence-corrected chi connectivity index (χ0v) is 13.4. The van der Waals surface area contributed by atoms with E-state index in [0.717, 1.165) is 0 Å². The molecule has 0 fully saturated rings. The van der Waals surface area contributed by atoms with E-state index in [0.29, 0.717) is 22.8 Å². The first kappa shape index (κ1) is 16.2. The van der Waals surface area contributed by atoms with E-state index in [1.807, 2.05) is 0 Å². The Labute approximate surface area is 142 Å². The largest absolute Gasteiger partial charge is 0.486 e. The van der Waals surface area contributed by atoms with Gasteiger partial charge in [-0.3, -0.25) is 9.48 Å². The van der Waals surface area contributed by atoms with Crippen LogP contribution in [0, 0.1) is 0 Å². The monoisotopic (exact) mass is 340 g/mol. The molecule has 1 amide bonds. The number of amides is 1. The Morgan fingerprint density at radius 1 is 1.16 bits per heavy atom. The number of rotatable bonds is 5. The van der Waals surface area contributed by atoms with Crippen LogP contribution in [-0.4, -0.2) is 30.6 Å². The minimum absolute atomic E-state index is 0.0413. The fourth-order valence-corrected chi connectivity index (χ4v) is 2.05. The van der Waals surface area contributed by atoms with Crippen molar-refractivity contribution in [3.05, 3.63) is 48.0 Å². The van der Waals surface area contributed by atoms with E-state index in [2.05, 4.69) is 25.4 Å². The molecule has 5 N–H and O–H groups in total. The number of carbonyl (C=O) groups excluding carboxylic acids is 1. The smallest absolute Gasteiger partial charge is 0.258 e. The third-order valence-corrected chi connectivity index (χ3v) is 3.16. The molecular weight excluding hydrogens is 324 g/mol. The number of aromatic nitrogens is 5. The number of aryl methyl sites for hydroxylation is 1. The lowest BCUT2D eigenvalue weighted by atomic mass is 10.2. The van der Waals surface area contributed by atoms with Gasteiger partial charge >= 0.3 is 0 Å². The normalized spacial score (nSPS) is 10.4. The number of nitrogens with two attached hydrogens (primary N) is 2. The van der Waals surface area contributed by atoms with Crippen molar-refractivity contribution in [1.82, 2.24) is 24.7 Å². The second-order valence-electron chi connectivity index (χ2n) is 5.14. The standard InChI is InChI=1S/C15H16N8O2/c1-23-7-9(6-18-23)13(24)19-10-2-4-11(5-3-10)25-8-12-20-14(16)22-15(17)21-12/h2-7H,8H2,1H3,(H,19,24)(H4,16,17,20,21,22). The molecule has 0 atom stereocenters. The van der Waals surface area contributed by atoms with Gasteiger partial charge in [-0.05, 0) is 24.3 Å². The van der Waals surface area contributed by atoms with Crippen molar-refractivity contribution in [2.45, 2.75) is 6.61 Å². The van der Waals surface area contributed by atoms with Crippen molar-refractivity contribution >= 4 is 23.5 Å². The van der Waals surface area contributed by atoms with Crippen LogP contribution in [0.1, 0.15) is 16.2 Å². The van der Waals surface area contributed by atoms with E-state index in [1.54, 1.807) is 42.2 Å². The maximum atomic E-state index is 12.0. The summed E-state index contributed by atoms with van der Waals surface area (Å²) in [4.78, 5) is 23.6. The Morgan fingerprint density at radius 2 is 1.84 bits per heavy atom. The molecule has 0 radical (unpaired) electrons. The molecule has 0 unspecified atom stereocenters. The third kappa shape index (κ3) is 4.19. The fourth-order valence-electron chi connectivity index (χ4n) is 2.05.